The number of allylic oxidation sites excluding steroid dienone is 2. The normalized spacial score (nSPS) is 14.4. The van der Waals surface area contributed by atoms with Crippen LogP contribution in [0.25, 0.3) is 5.57 Å². The topological polar surface area (TPSA) is 55.6 Å². The van der Waals surface area contributed by atoms with Crippen LogP contribution in [0.1, 0.15) is 26.5 Å². The van der Waals surface area contributed by atoms with Gasteiger partial charge in [-0.05, 0) is 48.3 Å². The number of aromatic nitrogens is 1. The Morgan fingerprint density at radius 1 is 1.33 bits per heavy atom. The van der Waals surface area contributed by atoms with E-state index < -0.39 is 0 Å². The number of anilines is 1. The number of nitrogens with zero attached hydrogens (tertiary/aromatic N) is 4. The maximum Gasteiger partial charge on any atom is 0.160 e. The van der Waals surface area contributed by atoms with E-state index in [0.29, 0.717) is 17.2 Å². The van der Waals surface area contributed by atoms with Crippen LogP contribution in [0, 0.1) is 11.3 Å². The molecule has 0 bridgehead atoms. The number of hydrogen-bond acceptors (Lipinski definition) is 4. The minimum absolute atomic E-state index is 0.267. The zero-order chi connectivity index (χ0) is 20.3. The van der Waals surface area contributed by atoms with Crippen LogP contribution < -0.4 is 4.90 Å². The van der Waals surface area contributed by atoms with Crippen molar-refractivity contribution in [2.45, 2.75) is 20.8 Å². The molecule has 0 aromatic carbocycles. The molecule has 27 heavy (non-hydrogen) atoms. The standard InChI is InChI=1S/C21H26BrN5/c1-8-27(19-9-18(22)10-24-20(19)13(2)3)21(25-14(4)5)16(7)26-11-17(12-26)15(6)23/h8-10,17,23H,1-2,4,7,11-12H2,3,5-6H3. The van der Waals surface area contributed by atoms with E-state index in [1.54, 1.807) is 12.4 Å². The quantitative estimate of drug-likeness (QED) is 0.477. The highest BCUT2D eigenvalue weighted by Crippen LogP contribution is 2.31. The number of aliphatic imine (C=N–C) groups is 1. The number of rotatable bonds is 7. The molecule has 1 aromatic rings. The van der Waals surface area contributed by atoms with Crippen molar-refractivity contribution in [3.8, 4) is 0 Å². The Labute approximate surface area is 170 Å². The highest BCUT2D eigenvalue weighted by atomic mass is 79.9. The van der Waals surface area contributed by atoms with E-state index >= 15 is 0 Å². The number of likely N-dealkylation sites (tertiary alicyclic amines) is 1. The molecule has 142 valence electrons. The van der Waals surface area contributed by atoms with Gasteiger partial charge in [-0.1, -0.05) is 26.3 Å². The average molecular weight is 428 g/mol. The van der Waals surface area contributed by atoms with Crippen LogP contribution >= 0.6 is 15.9 Å². The maximum atomic E-state index is 7.81. The number of hydrogen-bond donors (Lipinski definition) is 1. The molecule has 6 heteroatoms. The van der Waals surface area contributed by atoms with Gasteiger partial charge in [0.2, 0.25) is 0 Å². The first kappa shape index (κ1) is 20.8. The molecule has 0 atom stereocenters. The van der Waals surface area contributed by atoms with Crippen LogP contribution in [0.4, 0.5) is 5.69 Å². The third-order valence-corrected chi connectivity index (χ3v) is 4.77. The van der Waals surface area contributed by atoms with Crippen LogP contribution in [0.5, 0.6) is 0 Å². The predicted molar refractivity (Wildman–Crippen MR) is 119 cm³/mol. The number of amidine groups is 1. The van der Waals surface area contributed by atoms with Gasteiger partial charge < -0.3 is 10.3 Å². The van der Waals surface area contributed by atoms with E-state index in [1.807, 2.05) is 31.7 Å². The van der Waals surface area contributed by atoms with Crippen molar-refractivity contribution < 1.29 is 0 Å². The fraction of sp³-hybridized carbons (Fsp3) is 0.286. The molecule has 0 aliphatic carbocycles. The van der Waals surface area contributed by atoms with Crippen molar-refractivity contribution in [3.63, 3.8) is 0 Å². The SMILES string of the molecule is C=CN(C(=NC(=C)C)C(=C)N1CC(C(C)=N)C1)c1cc(Br)cnc1C(=C)C. The molecule has 1 fully saturated rings. The Morgan fingerprint density at radius 2 is 1.96 bits per heavy atom. The van der Waals surface area contributed by atoms with Crippen LogP contribution in [0.15, 0.2) is 65.6 Å². The molecule has 0 radical (unpaired) electrons. The molecule has 1 aliphatic rings. The molecular weight excluding hydrogens is 402 g/mol. The summed E-state index contributed by atoms with van der Waals surface area (Å²) < 4.78 is 0.845. The average Bonchev–Trinajstić information content (AvgIpc) is 2.52. The number of halogens is 1. The van der Waals surface area contributed by atoms with E-state index in [2.05, 4.69) is 57.1 Å². The first-order valence-corrected chi connectivity index (χ1v) is 9.41. The summed E-state index contributed by atoms with van der Waals surface area (Å²) in [6.07, 6.45) is 3.44. The minimum atomic E-state index is 0.267. The van der Waals surface area contributed by atoms with Gasteiger partial charge in [0.15, 0.2) is 5.84 Å². The maximum absolute atomic E-state index is 7.81. The summed E-state index contributed by atoms with van der Waals surface area (Å²) in [5.74, 6) is 0.907. The largest absolute Gasteiger partial charge is 0.368 e. The predicted octanol–water partition coefficient (Wildman–Crippen LogP) is 5.24. The molecule has 0 saturated carbocycles. The second-order valence-electron chi connectivity index (χ2n) is 6.76. The van der Waals surface area contributed by atoms with Crippen LogP contribution in [-0.4, -0.2) is 34.5 Å². The van der Waals surface area contributed by atoms with Gasteiger partial charge in [-0.15, -0.1) is 0 Å². The summed E-state index contributed by atoms with van der Waals surface area (Å²) >= 11 is 3.49. The molecular formula is C21H26BrN5. The fourth-order valence-corrected chi connectivity index (χ4v) is 3.11. The zero-order valence-electron chi connectivity index (χ0n) is 16.2. The molecule has 2 rings (SSSR count). The van der Waals surface area contributed by atoms with Gasteiger partial charge in [-0.25, -0.2) is 4.99 Å². The molecule has 1 aliphatic heterocycles. The second-order valence-corrected chi connectivity index (χ2v) is 7.67. The molecule has 0 amide bonds. The molecule has 1 saturated heterocycles. The Hall–Kier alpha value is -2.47. The van der Waals surface area contributed by atoms with Crippen LogP contribution in [0.2, 0.25) is 0 Å². The van der Waals surface area contributed by atoms with Gasteiger partial charge in [0.25, 0.3) is 0 Å². The van der Waals surface area contributed by atoms with Crippen molar-refractivity contribution in [2.75, 3.05) is 18.0 Å². The Morgan fingerprint density at radius 3 is 2.44 bits per heavy atom. The van der Waals surface area contributed by atoms with Crippen molar-refractivity contribution in [3.05, 3.63) is 66.3 Å². The van der Waals surface area contributed by atoms with Crippen molar-refractivity contribution in [1.82, 2.24) is 9.88 Å². The van der Waals surface area contributed by atoms with Crippen molar-refractivity contribution in [1.29, 1.82) is 5.41 Å². The highest BCUT2D eigenvalue weighted by Gasteiger charge is 2.32. The zero-order valence-corrected chi connectivity index (χ0v) is 17.8. The van der Waals surface area contributed by atoms with Crippen molar-refractivity contribution >= 4 is 38.7 Å². The third kappa shape index (κ3) is 4.63. The lowest BCUT2D eigenvalue weighted by molar-refractivity contribution is 0.202. The first-order chi connectivity index (χ1) is 12.6. The van der Waals surface area contributed by atoms with E-state index in [9.17, 15) is 0 Å². The van der Waals surface area contributed by atoms with Gasteiger partial charge in [0.1, 0.15) is 0 Å². The second kappa shape index (κ2) is 8.48. The van der Waals surface area contributed by atoms with Crippen molar-refractivity contribution in [2.24, 2.45) is 10.9 Å². The third-order valence-electron chi connectivity index (χ3n) is 4.34. The first-order valence-electron chi connectivity index (χ1n) is 8.62. The van der Waals surface area contributed by atoms with E-state index in [4.69, 9.17) is 5.41 Å². The van der Waals surface area contributed by atoms with E-state index in [0.717, 1.165) is 40.2 Å². The van der Waals surface area contributed by atoms with E-state index in [1.165, 1.54) is 0 Å². The van der Waals surface area contributed by atoms with Gasteiger partial charge in [-0.2, -0.15) is 0 Å². The summed E-state index contributed by atoms with van der Waals surface area (Å²) in [4.78, 5) is 13.1. The minimum Gasteiger partial charge on any atom is -0.368 e. The molecule has 2 heterocycles. The lowest BCUT2D eigenvalue weighted by atomic mass is 9.94. The van der Waals surface area contributed by atoms with Gasteiger partial charge in [0.05, 0.1) is 17.1 Å². The molecule has 1 N–H and O–H groups in total. The summed E-state index contributed by atoms with van der Waals surface area (Å²) in [7, 11) is 0. The molecule has 0 unspecified atom stereocenters. The smallest absolute Gasteiger partial charge is 0.160 e. The van der Waals surface area contributed by atoms with Crippen LogP contribution in [-0.2, 0) is 0 Å². The Balaban J connectivity index is 2.47. The van der Waals surface area contributed by atoms with Gasteiger partial charge in [0, 0.05) is 47.3 Å². The summed E-state index contributed by atoms with van der Waals surface area (Å²) in [5.41, 5.74) is 4.54. The van der Waals surface area contributed by atoms with Crippen LogP contribution in [0.3, 0.4) is 0 Å². The number of pyridine rings is 1. The molecule has 0 spiro atoms. The fourth-order valence-electron chi connectivity index (χ4n) is 2.79. The van der Waals surface area contributed by atoms with E-state index in [-0.39, 0.29) is 5.92 Å². The monoisotopic (exact) mass is 427 g/mol. The summed E-state index contributed by atoms with van der Waals surface area (Å²) in [6.45, 7) is 23.3. The molecule has 1 aromatic heterocycles. The lowest BCUT2D eigenvalue weighted by Gasteiger charge is -2.43. The Kier molecular flexibility index (Phi) is 6.54. The van der Waals surface area contributed by atoms with Gasteiger partial charge in [-0.3, -0.25) is 9.88 Å². The molecule has 5 nitrogen and oxygen atoms in total. The highest BCUT2D eigenvalue weighted by molar-refractivity contribution is 9.10. The lowest BCUT2D eigenvalue weighted by Crippen LogP contribution is -2.51. The number of nitrogens with one attached hydrogen (secondary N) is 1. The summed E-state index contributed by atoms with van der Waals surface area (Å²) in [5, 5.41) is 7.81. The van der Waals surface area contributed by atoms with Gasteiger partial charge >= 0.3 is 0 Å². The summed E-state index contributed by atoms with van der Waals surface area (Å²) in [6, 6.07) is 1.96. The Bertz CT molecular complexity index is 846.